The summed E-state index contributed by atoms with van der Waals surface area (Å²) in [4.78, 5) is 27.0. The van der Waals surface area contributed by atoms with Crippen LogP contribution in [0.1, 0.15) is 55.6 Å². The number of nitrogens with one attached hydrogen (secondary N) is 1. The van der Waals surface area contributed by atoms with Crippen molar-refractivity contribution in [2.24, 2.45) is 0 Å². The first kappa shape index (κ1) is 18.4. The van der Waals surface area contributed by atoms with E-state index in [1.807, 2.05) is 0 Å². The van der Waals surface area contributed by atoms with E-state index in [-0.39, 0.29) is 30.1 Å². The summed E-state index contributed by atoms with van der Waals surface area (Å²) in [7, 11) is 0. The number of thiophene rings is 1. The van der Waals surface area contributed by atoms with Crippen LogP contribution >= 0.6 is 22.9 Å². The Hall–Kier alpha value is -0.910. The van der Waals surface area contributed by atoms with Crippen LogP contribution in [-0.2, 0) is 4.79 Å². The van der Waals surface area contributed by atoms with Gasteiger partial charge in [0.2, 0.25) is 5.91 Å². The molecule has 1 N–H and O–H groups in total. The Balaban J connectivity index is 1.73. The fourth-order valence-electron chi connectivity index (χ4n) is 2.83. The van der Waals surface area contributed by atoms with Crippen LogP contribution in [0.2, 0.25) is 4.34 Å². The third-order valence-corrected chi connectivity index (χ3v) is 5.63. The lowest BCUT2D eigenvalue weighted by molar-refractivity contribution is -0.121. The van der Waals surface area contributed by atoms with Gasteiger partial charge in [-0.2, -0.15) is 0 Å². The summed E-state index contributed by atoms with van der Waals surface area (Å²) >= 11 is 7.08. The van der Waals surface area contributed by atoms with Crippen molar-refractivity contribution < 1.29 is 9.59 Å². The van der Waals surface area contributed by atoms with E-state index >= 15 is 0 Å². The third-order valence-electron chi connectivity index (χ3n) is 4.36. The minimum atomic E-state index is -0.0638. The molecule has 0 aromatic carbocycles. The summed E-state index contributed by atoms with van der Waals surface area (Å²) in [6.45, 7) is 7.14. The molecule has 2 rings (SSSR count). The van der Waals surface area contributed by atoms with E-state index < -0.39 is 0 Å². The van der Waals surface area contributed by atoms with Crippen molar-refractivity contribution in [3.8, 4) is 0 Å². The number of halogens is 1. The third kappa shape index (κ3) is 5.59. The SMILES string of the molecule is CC(C)(CNC(=O)CCC(=O)c1ccc(Cl)s1)N1CCCCC1. The van der Waals surface area contributed by atoms with Crippen LogP contribution in [0.25, 0.3) is 0 Å². The van der Waals surface area contributed by atoms with Crippen LogP contribution in [0.5, 0.6) is 0 Å². The molecule has 1 aromatic heterocycles. The quantitative estimate of drug-likeness (QED) is 0.757. The molecule has 2 heterocycles. The molecule has 128 valence electrons. The molecular formula is C17H25ClN2O2S. The fourth-order valence-corrected chi connectivity index (χ4v) is 3.84. The van der Waals surface area contributed by atoms with E-state index in [4.69, 9.17) is 11.6 Å². The molecule has 1 aromatic rings. The summed E-state index contributed by atoms with van der Waals surface area (Å²) in [5.41, 5.74) is -0.0403. The molecule has 6 heteroatoms. The molecule has 1 amide bonds. The lowest BCUT2D eigenvalue weighted by atomic mass is 9.98. The van der Waals surface area contributed by atoms with Gasteiger partial charge in [-0.1, -0.05) is 18.0 Å². The number of rotatable bonds is 7. The molecule has 1 saturated heterocycles. The van der Waals surface area contributed by atoms with Crippen LogP contribution in [0.15, 0.2) is 12.1 Å². The van der Waals surface area contributed by atoms with Gasteiger partial charge in [0.25, 0.3) is 0 Å². The summed E-state index contributed by atoms with van der Waals surface area (Å²) in [6, 6.07) is 3.42. The Kier molecular flexibility index (Phi) is 6.62. The lowest BCUT2D eigenvalue weighted by Crippen LogP contribution is -2.53. The largest absolute Gasteiger partial charge is 0.354 e. The van der Waals surface area contributed by atoms with Gasteiger partial charge in [0, 0.05) is 24.9 Å². The van der Waals surface area contributed by atoms with Crippen LogP contribution in [-0.4, -0.2) is 41.8 Å². The number of hydrogen-bond donors (Lipinski definition) is 1. The molecule has 1 fully saturated rings. The molecule has 0 unspecified atom stereocenters. The van der Waals surface area contributed by atoms with E-state index in [1.165, 1.54) is 30.6 Å². The monoisotopic (exact) mass is 356 g/mol. The predicted molar refractivity (Wildman–Crippen MR) is 95.4 cm³/mol. The highest BCUT2D eigenvalue weighted by Gasteiger charge is 2.28. The predicted octanol–water partition coefficient (Wildman–Crippen LogP) is 3.75. The van der Waals surface area contributed by atoms with E-state index in [9.17, 15) is 9.59 Å². The van der Waals surface area contributed by atoms with Gasteiger partial charge < -0.3 is 5.32 Å². The number of hydrogen-bond acceptors (Lipinski definition) is 4. The Morgan fingerprint density at radius 2 is 1.91 bits per heavy atom. The molecule has 0 bridgehead atoms. The van der Waals surface area contributed by atoms with Crippen molar-refractivity contribution in [2.75, 3.05) is 19.6 Å². The number of carbonyl (C=O) groups excluding carboxylic acids is 2. The molecule has 1 aliphatic rings. The highest BCUT2D eigenvalue weighted by molar-refractivity contribution is 7.18. The molecule has 0 radical (unpaired) electrons. The molecule has 23 heavy (non-hydrogen) atoms. The zero-order chi connectivity index (χ0) is 16.9. The van der Waals surface area contributed by atoms with Crippen molar-refractivity contribution in [1.82, 2.24) is 10.2 Å². The molecular weight excluding hydrogens is 332 g/mol. The second-order valence-corrected chi connectivity index (χ2v) is 8.38. The van der Waals surface area contributed by atoms with Gasteiger partial charge >= 0.3 is 0 Å². The molecule has 4 nitrogen and oxygen atoms in total. The Morgan fingerprint density at radius 1 is 1.22 bits per heavy atom. The zero-order valence-corrected chi connectivity index (χ0v) is 15.4. The molecule has 0 saturated carbocycles. The standard InChI is InChI=1S/C17H25ClN2O2S/c1-17(2,20-10-4-3-5-11-20)12-19-16(22)9-6-13(21)14-7-8-15(18)23-14/h7-8H,3-6,9-12H2,1-2H3,(H,19,22). The van der Waals surface area contributed by atoms with Crippen molar-refractivity contribution in [3.63, 3.8) is 0 Å². The topological polar surface area (TPSA) is 49.4 Å². The number of likely N-dealkylation sites (tertiary alicyclic amines) is 1. The number of Topliss-reactive ketones (excluding diaryl/α,β-unsaturated/α-hetero) is 1. The van der Waals surface area contributed by atoms with Crippen molar-refractivity contribution >= 4 is 34.6 Å². The summed E-state index contributed by atoms with van der Waals surface area (Å²) in [5, 5.41) is 2.98. The molecule has 0 spiro atoms. The maximum Gasteiger partial charge on any atom is 0.220 e. The fraction of sp³-hybridized carbons (Fsp3) is 0.647. The number of ketones is 1. The first-order valence-electron chi connectivity index (χ1n) is 8.19. The van der Waals surface area contributed by atoms with Gasteiger partial charge in [0.15, 0.2) is 5.78 Å². The van der Waals surface area contributed by atoms with Crippen molar-refractivity contribution in [1.29, 1.82) is 0 Å². The summed E-state index contributed by atoms with van der Waals surface area (Å²) in [5.74, 6) is -0.0848. The van der Waals surface area contributed by atoms with Gasteiger partial charge in [-0.3, -0.25) is 14.5 Å². The number of amides is 1. The van der Waals surface area contributed by atoms with Crippen LogP contribution in [0, 0.1) is 0 Å². The van der Waals surface area contributed by atoms with E-state index in [0.29, 0.717) is 15.8 Å². The number of nitrogens with zero attached hydrogens (tertiary/aromatic N) is 1. The van der Waals surface area contributed by atoms with Gasteiger partial charge in [-0.25, -0.2) is 0 Å². The average Bonchev–Trinajstić information content (AvgIpc) is 2.98. The van der Waals surface area contributed by atoms with E-state index in [2.05, 4.69) is 24.1 Å². The Bertz CT molecular complexity index is 551. The first-order valence-corrected chi connectivity index (χ1v) is 9.38. The highest BCUT2D eigenvalue weighted by atomic mass is 35.5. The smallest absolute Gasteiger partial charge is 0.220 e. The van der Waals surface area contributed by atoms with Gasteiger partial charge in [-0.15, -0.1) is 11.3 Å². The van der Waals surface area contributed by atoms with Crippen LogP contribution in [0.4, 0.5) is 0 Å². The van der Waals surface area contributed by atoms with Crippen molar-refractivity contribution in [3.05, 3.63) is 21.3 Å². The minimum Gasteiger partial charge on any atom is -0.354 e. The van der Waals surface area contributed by atoms with Crippen LogP contribution in [0.3, 0.4) is 0 Å². The first-order chi connectivity index (χ1) is 10.9. The summed E-state index contributed by atoms with van der Waals surface area (Å²) < 4.78 is 0.598. The van der Waals surface area contributed by atoms with Gasteiger partial charge in [0.1, 0.15) is 0 Å². The average molecular weight is 357 g/mol. The van der Waals surface area contributed by atoms with Gasteiger partial charge in [0.05, 0.1) is 9.21 Å². The number of piperidine rings is 1. The molecule has 0 aliphatic carbocycles. The minimum absolute atomic E-state index is 0.0210. The van der Waals surface area contributed by atoms with E-state index in [0.717, 1.165) is 13.1 Å². The maximum absolute atomic E-state index is 12.0. The highest BCUT2D eigenvalue weighted by Crippen LogP contribution is 2.23. The lowest BCUT2D eigenvalue weighted by Gasteiger charge is -2.41. The second kappa shape index (κ2) is 8.27. The Morgan fingerprint density at radius 3 is 2.52 bits per heavy atom. The molecule has 0 atom stereocenters. The normalized spacial score (nSPS) is 16.3. The van der Waals surface area contributed by atoms with E-state index in [1.54, 1.807) is 12.1 Å². The zero-order valence-electron chi connectivity index (χ0n) is 13.9. The molecule has 1 aliphatic heterocycles. The van der Waals surface area contributed by atoms with Crippen molar-refractivity contribution in [2.45, 2.75) is 51.5 Å². The maximum atomic E-state index is 12.0. The Labute approximate surface area is 147 Å². The van der Waals surface area contributed by atoms with Crippen LogP contribution < -0.4 is 5.32 Å². The number of carbonyl (C=O) groups is 2. The summed E-state index contributed by atoms with van der Waals surface area (Å²) in [6.07, 6.45) is 4.22. The second-order valence-electron chi connectivity index (χ2n) is 6.66. The van der Waals surface area contributed by atoms with Gasteiger partial charge in [-0.05, 0) is 51.9 Å².